The zero-order valence-electron chi connectivity index (χ0n) is 15.3. The quantitative estimate of drug-likeness (QED) is 0.713. The summed E-state index contributed by atoms with van der Waals surface area (Å²) in [5, 5.41) is 0.924. The molecule has 0 bridgehead atoms. The highest BCUT2D eigenvalue weighted by Crippen LogP contribution is 2.35. The van der Waals surface area contributed by atoms with E-state index in [0.717, 1.165) is 34.0 Å². The number of carbonyl (C=O) groups excluding carboxylic acids is 2. The lowest BCUT2D eigenvalue weighted by atomic mass is 9.91. The standard InChI is InChI=1S/C22H20N4O2/c1-2-20(27)26-7-6-16(12-26)19-10-17(9-18-11-24-13-25-21(18)19)14-4-3-5-15(8-14)22(23)28/h2-5,8-11,13,16H,1,6-7,12H2,(H2,23,28). The summed E-state index contributed by atoms with van der Waals surface area (Å²) in [6, 6.07) is 11.4. The van der Waals surface area contributed by atoms with Crippen molar-refractivity contribution in [3.8, 4) is 11.1 Å². The number of likely N-dealkylation sites (tertiary alicyclic amines) is 1. The third-order valence-corrected chi connectivity index (χ3v) is 5.23. The number of hydrogen-bond acceptors (Lipinski definition) is 4. The Morgan fingerprint density at radius 3 is 2.86 bits per heavy atom. The average molecular weight is 372 g/mol. The van der Waals surface area contributed by atoms with Gasteiger partial charge in [0.2, 0.25) is 11.8 Å². The molecule has 2 heterocycles. The van der Waals surface area contributed by atoms with Crippen molar-refractivity contribution in [3.63, 3.8) is 0 Å². The number of primary amides is 1. The van der Waals surface area contributed by atoms with Gasteiger partial charge in [-0.1, -0.05) is 18.7 Å². The summed E-state index contributed by atoms with van der Waals surface area (Å²) in [5.41, 5.74) is 9.74. The molecular weight excluding hydrogens is 352 g/mol. The van der Waals surface area contributed by atoms with Crippen LogP contribution in [0.4, 0.5) is 0 Å². The lowest BCUT2D eigenvalue weighted by Crippen LogP contribution is -2.26. The molecule has 28 heavy (non-hydrogen) atoms. The van der Waals surface area contributed by atoms with Crippen molar-refractivity contribution in [1.82, 2.24) is 14.9 Å². The fraction of sp³-hybridized carbons (Fsp3) is 0.182. The molecule has 0 saturated carbocycles. The zero-order valence-corrected chi connectivity index (χ0v) is 15.3. The minimum absolute atomic E-state index is 0.0493. The molecule has 2 N–H and O–H groups in total. The van der Waals surface area contributed by atoms with E-state index in [9.17, 15) is 9.59 Å². The normalized spacial score (nSPS) is 16.3. The van der Waals surface area contributed by atoms with Gasteiger partial charge in [-0.3, -0.25) is 9.59 Å². The van der Waals surface area contributed by atoms with E-state index in [0.29, 0.717) is 18.7 Å². The van der Waals surface area contributed by atoms with Crippen LogP contribution in [0, 0.1) is 0 Å². The lowest BCUT2D eigenvalue weighted by molar-refractivity contribution is -0.125. The van der Waals surface area contributed by atoms with E-state index in [4.69, 9.17) is 5.73 Å². The van der Waals surface area contributed by atoms with Crippen LogP contribution >= 0.6 is 0 Å². The highest BCUT2D eigenvalue weighted by Gasteiger charge is 2.28. The summed E-state index contributed by atoms with van der Waals surface area (Å²) in [6.07, 6.45) is 5.55. The van der Waals surface area contributed by atoms with Gasteiger partial charge in [0.25, 0.3) is 0 Å². The van der Waals surface area contributed by atoms with Gasteiger partial charge in [-0.05, 0) is 53.5 Å². The zero-order chi connectivity index (χ0) is 19.7. The van der Waals surface area contributed by atoms with Crippen LogP contribution in [0.25, 0.3) is 22.0 Å². The Morgan fingerprint density at radius 1 is 1.21 bits per heavy atom. The monoisotopic (exact) mass is 372 g/mol. The Hall–Kier alpha value is -3.54. The third-order valence-electron chi connectivity index (χ3n) is 5.23. The maximum absolute atomic E-state index is 12.0. The van der Waals surface area contributed by atoms with Crippen molar-refractivity contribution in [2.45, 2.75) is 12.3 Å². The molecule has 0 radical (unpaired) electrons. The minimum atomic E-state index is -0.458. The molecule has 0 aliphatic carbocycles. The molecule has 1 fully saturated rings. The molecule has 6 nitrogen and oxygen atoms in total. The van der Waals surface area contributed by atoms with E-state index in [-0.39, 0.29) is 11.8 Å². The van der Waals surface area contributed by atoms with E-state index < -0.39 is 5.91 Å². The number of nitrogens with zero attached hydrogens (tertiary/aromatic N) is 3. The van der Waals surface area contributed by atoms with Gasteiger partial charge in [-0.25, -0.2) is 9.97 Å². The summed E-state index contributed by atoms with van der Waals surface area (Å²) in [6.45, 7) is 4.91. The van der Waals surface area contributed by atoms with Crippen LogP contribution in [-0.2, 0) is 4.79 Å². The molecule has 1 aromatic heterocycles. The van der Waals surface area contributed by atoms with Crippen molar-refractivity contribution in [2.75, 3.05) is 13.1 Å². The van der Waals surface area contributed by atoms with Crippen molar-refractivity contribution >= 4 is 22.7 Å². The Bertz CT molecular complexity index is 1090. The Kier molecular flexibility index (Phi) is 4.61. The first-order valence-electron chi connectivity index (χ1n) is 9.12. The van der Waals surface area contributed by atoms with Gasteiger partial charge in [-0.2, -0.15) is 0 Å². The summed E-state index contributed by atoms with van der Waals surface area (Å²) >= 11 is 0. The summed E-state index contributed by atoms with van der Waals surface area (Å²) in [4.78, 5) is 34.0. The second-order valence-corrected chi connectivity index (χ2v) is 6.95. The average Bonchev–Trinajstić information content (AvgIpc) is 3.22. The molecule has 2 amide bonds. The second kappa shape index (κ2) is 7.23. The molecule has 1 aliphatic rings. The number of benzene rings is 2. The van der Waals surface area contributed by atoms with Gasteiger partial charge < -0.3 is 10.6 Å². The van der Waals surface area contributed by atoms with Crippen molar-refractivity contribution < 1.29 is 9.59 Å². The van der Waals surface area contributed by atoms with Crippen molar-refractivity contribution in [3.05, 3.63) is 72.7 Å². The SMILES string of the molecule is C=CC(=O)N1CCC(c2cc(-c3cccc(C(N)=O)c3)cc3cncnc23)C1. The summed E-state index contributed by atoms with van der Waals surface area (Å²) in [5.74, 6) is -0.326. The maximum Gasteiger partial charge on any atom is 0.248 e. The van der Waals surface area contributed by atoms with Crippen LogP contribution in [0.15, 0.2) is 61.6 Å². The summed E-state index contributed by atoms with van der Waals surface area (Å²) in [7, 11) is 0. The van der Waals surface area contributed by atoms with E-state index in [2.05, 4.69) is 22.6 Å². The number of rotatable bonds is 4. The van der Waals surface area contributed by atoms with E-state index in [1.165, 1.54) is 6.08 Å². The minimum Gasteiger partial charge on any atom is -0.366 e. The molecule has 1 aliphatic heterocycles. The first-order chi connectivity index (χ1) is 13.6. The van der Waals surface area contributed by atoms with Gasteiger partial charge in [0, 0.05) is 36.2 Å². The fourth-order valence-electron chi connectivity index (χ4n) is 3.81. The fourth-order valence-corrected chi connectivity index (χ4v) is 3.81. The van der Waals surface area contributed by atoms with E-state index >= 15 is 0 Å². The van der Waals surface area contributed by atoms with Crippen LogP contribution in [0.2, 0.25) is 0 Å². The topological polar surface area (TPSA) is 89.2 Å². The molecule has 0 spiro atoms. The number of carbonyl (C=O) groups is 2. The van der Waals surface area contributed by atoms with Crippen LogP contribution in [0.5, 0.6) is 0 Å². The van der Waals surface area contributed by atoms with Crippen molar-refractivity contribution in [2.24, 2.45) is 5.73 Å². The van der Waals surface area contributed by atoms with Crippen LogP contribution in [0.3, 0.4) is 0 Å². The smallest absolute Gasteiger partial charge is 0.248 e. The Labute approximate surface area is 162 Å². The number of hydrogen-bond donors (Lipinski definition) is 1. The lowest BCUT2D eigenvalue weighted by Gasteiger charge is -2.17. The molecule has 140 valence electrons. The van der Waals surface area contributed by atoms with E-state index in [1.807, 2.05) is 23.1 Å². The first kappa shape index (κ1) is 17.9. The predicted molar refractivity (Wildman–Crippen MR) is 108 cm³/mol. The highest BCUT2D eigenvalue weighted by molar-refractivity contribution is 5.95. The summed E-state index contributed by atoms with van der Waals surface area (Å²) < 4.78 is 0. The molecule has 6 heteroatoms. The molecule has 1 atom stereocenters. The Balaban J connectivity index is 1.81. The van der Waals surface area contributed by atoms with Gasteiger partial charge >= 0.3 is 0 Å². The van der Waals surface area contributed by atoms with E-state index in [1.54, 1.807) is 24.7 Å². The number of fused-ring (bicyclic) bond motifs is 1. The molecular formula is C22H20N4O2. The Morgan fingerprint density at radius 2 is 2.07 bits per heavy atom. The number of nitrogens with two attached hydrogens (primary N) is 1. The number of aromatic nitrogens is 2. The van der Waals surface area contributed by atoms with Crippen molar-refractivity contribution in [1.29, 1.82) is 0 Å². The van der Waals surface area contributed by atoms with Gasteiger partial charge in [-0.15, -0.1) is 0 Å². The maximum atomic E-state index is 12.0. The first-order valence-corrected chi connectivity index (χ1v) is 9.12. The van der Waals surface area contributed by atoms with Crippen LogP contribution in [-0.4, -0.2) is 39.8 Å². The van der Waals surface area contributed by atoms with Crippen LogP contribution < -0.4 is 5.73 Å². The molecule has 4 rings (SSSR count). The predicted octanol–water partition coefficient (Wildman–Crippen LogP) is 2.90. The molecule has 1 unspecified atom stereocenters. The third kappa shape index (κ3) is 3.24. The second-order valence-electron chi connectivity index (χ2n) is 6.95. The largest absolute Gasteiger partial charge is 0.366 e. The van der Waals surface area contributed by atoms with Crippen LogP contribution in [0.1, 0.15) is 28.3 Å². The molecule has 3 aromatic rings. The van der Waals surface area contributed by atoms with Gasteiger partial charge in [0.15, 0.2) is 0 Å². The molecule has 1 saturated heterocycles. The molecule has 2 aromatic carbocycles. The number of amides is 2. The highest BCUT2D eigenvalue weighted by atomic mass is 16.2. The van der Waals surface area contributed by atoms with Gasteiger partial charge in [0.1, 0.15) is 6.33 Å². The van der Waals surface area contributed by atoms with Gasteiger partial charge in [0.05, 0.1) is 5.52 Å².